The number of ether oxygens (including phenoxy) is 2. The van der Waals surface area contributed by atoms with Gasteiger partial charge in [0.05, 0.1) is 0 Å². The summed E-state index contributed by atoms with van der Waals surface area (Å²) in [6, 6.07) is 4.18. The Morgan fingerprint density at radius 2 is 1.61 bits per heavy atom. The van der Waals surface area contributed by atoms with Crippen LogP contribution in [0.1, 0.15) is 3.71 Å². The summed E-state index contributed by atoms with van der Waals surface area (Å²) in [5.41, 5.74) is -4.37. The van der Waals surface area contributed by atoms with E-state index in [0.717, 1.165) is 11.5 Å². The first kappa shape index (κ1) is 20.0. The van der Waals surface area contributed by atoms with E-state index in [1.165, 1.54) is 12.6 Å². The van der Waals surface area contributed by atoms with Crippen molar-refractivity contribution in [3.8, 4) is 11.5 Å². The molecule has 0 aliphatic rings. The number of hydrogen-bond donors (Lipinski definition) is 0. The van der Waals surface area contributed by atoms with Gasteiger partial charge in [0, 0.05) is 0 Å². The van der Waals surface area contributed by atoms with Gasteiger partial charge in [-0.25, -0.2) is 8.42 Å². The van der Waals surface area contributed by atoms with E-state index in [9.17, 15) is 13.2 Å². The Balaban J connectivity index is 0.000000284. The second-order valence-corrected chi connectivity index (χ2v) is 9.15. The quantitative estimate of drug-likeness (QED) is 0.285. The van der Waals surface area contributed by atoms with Gasteiger partial charge in [-0.15, -0.1) is 0 Å². The molecule has 0 amide bonds. The van der Waals surface area contributed by atoms with Crippen molar-refractivity contribution in [2.75, 3.05) is 14.2 Å². The molecule has 0 spiro atoms. The molecule has 0 atom stereocenters. The zero-order chi connectivity index (χ0) is 18.0. The Morgan fingerprint density at radius 1 is 1.17 bits per heavy atom. The average molecular weight is 469 g/mol. The molecule has 0 bridgehead atoms. The molecular formula is C12H14F3NO5STe. The molecule has 2 aromatic rings. The van der Waals surface area contributed by atoms with Crippen molar-refractivity contribution in [1.82, 2.24) is 0 Å². The summed E-state index contributed by atoms with van der Waals surface area (Å²) in [7, 11) is -0.628. The molecule has 2 rings (SSSR count). The van der Waals surface area contributed by atoms with Crippen LogP contribution in [0, 0.1) is 6.92 Å². The maximum Gasteiger partial charge on any atom is 0.485 e. The Hall–Kier alpha value is -1.02. The van der Waals surface area contributed by atoms with Crippen LogP contribution in [0.4, 0.5) is 13.2 Å². The molecule has 0 saturated carbocycles. The van der Waals surface area contributed by atoms with Gasteiger partial charge in [0.2, 0.25) is 0 Å². The summed E-state index contributed by atoms with van der Waals surface area (Å²) in [6.07, 6.45) is 0. The smallest absolute Gasteiger partial charge is 0.485 e. The first-order chi connectivity index (χ1) is 10.4. The fourth-order valence-electron chi connectivity index (χ4n) is 1.59. The molecule has 130 valence electrons. The third-order valence-corrected chi connectivity index (χ3v) is 6.59. The van der Waals surface area contributed by atoms with Gasteiger partial charge in [0.1, 0.15) is 0 Å². The topological polar surface area (TPSA) is 79.5 Å². The van der Waals surface area contributed by atoms with E-state index >= 15 is 0 Å². The van der Waals surface area contributed by atoms with Crippen molar-refractivity contribution in [2.45, 2.75) is 12.4 Å². The number of halogens is 3. The first-order valence-corrected chi connectivity index (χ1v) is 9.69. The predicted octanol–water partition coefficient (Wildman–Crippen LogP) is 1.10. The summed E-state index contributed by atoms with van der Waals surface area (Å²) in [6.45, 7) is 2.20. The van der Waals surface area contributed by atoms with Crippen LogP contribution in [-0.4, -0.2) is 53.1 Å². The van der Waals surface area contributed by atoms with E-state index in [0.29, 0.717) is 0 Å². The molecule has 6 nitrogen and oxygen atoms in total. The number of alkyl halides is 3. The van der Waals surface area contributed by atoms with E-state index in [4.69, 9.17) is 22.4 Å². The summed E-state index contributed by atoms with van der Waals surface area (Å²) >= 11 is -0.197. The first-order valence-electron chi connectivity index (χ1n) is 5.95. The second kappa shape index (κ2) is 7.25. The zero-order valence-electron chi connectivity index (χ0n) is 12.6. The largest absolute Gasteiger partial charge is 0.741 e. The molecule has 0 unspecified atom stereocenters. The normalized spacial score (nSPS) is 11.8. The van der Waals surface area contributed by atoms with Crippen LogP contribution < -0.4 is 14.0 Å². The third-order valence-electron chi connectivity index (χ3n) is 2.84. The van der Waals surface area contributed by atoms with Crippen molar-refractivity contribution in [1.29, 1.82) is 0 Å². The van der Waals surface area contributed by atoms with Crippen LogP contribution in [0.5, 0.6) is 11.5 Å². The number of rotatable bonds is 2. The van der Waals surface area contributed by atoms with Crippen LogP contribution in [0.15, 0.2) is 12.1 Å². The Bertz CT molecular complexity index is 801. The van der Waals surface area contributed by atoms with E-state index < -0.39 is 15.6 Å². The predicted molar refractivity (Wildman–Crippen MR) is 75.7 cm³/mol. The Labute approximate surface area is 140 Å². The fraction of sp³-hybridized carbons (Fsp3) is 0.417. The summed E-state index contributed by atoms with van der Waals surface area (Å²) in [5, 5.41) is 0. The Morgan fingerprint density at radius 3 is 2.00 bits per heavy atom. The minimum Gasteiger partial charge on any atom is -0.741 e. The van der Waals surface area contributed by atoms with Gasteiger partial charge in [-0.05, 0) is 0 Å². The van der Waals surface area contributed by atoms with Gasteiger partial charge in [0.25, 0.3) is 0 Å². The number of aromatic nitrogens is 1. The molecule has 0 N–H and O–H groups in total. The number of benzene rings is 1. The SMILES string of the molecule is COc1cc2[te]c(C)[n+](C)c2cc1OC.O=S(=O)([O-])C(F)(F)F. The summed E-state index contributed by atoms with van der Waals surface area (Å²) in [4.78, 5) is 0. The third kappa shape index (κ3) is 4.73. The van der Waals surface area contributed by atoms with E-state index in [1.54, 1.807) is 14.2 Å². The van der Waals surface area contributed by atoms with Crippen molar-refractivity contribution < 1.29 is 40.2 Å². The average Bonchev–Trinajstić information content (AvgIpc) is 2.70. The number of fused-ring (bicyclic) bond motifs is 1. The molecular weight excluding hydrogens is 455 g/mol. The van der Waals surface area contributed by atoms with E-state index in [2.05, 4.69) is 30.7 Å². The second-order valence-electron chi connectivity index (χ2n) is 4.25. The molecule has 23 heavy (non-hydrogen) atoms. The van der Waals surface area contributed by atoms with Crippen LogP contribution in [0.25, 0.3) is 8.92 Å². The van der Waals surface area contributed by atoms with Gasteiger partial charge >= 0.3 is 104 Å². The molecule has 0 aliphatic heterocycles. The van der Waals surface area contributed by atoms with E-state index in [-0.39, 0.29) is 20.4 Å². The molecule has 1 heterocycles. The van der Waals surface area contributed by atoms with Gasteiger partial charge in [-0.3, -0.25) is 0 Å². The molecule has 0 saturated heterocycles. The zero-order valence-corrected chi connectivity index (χ0v) is 15.7. The molecule has 1 aromatic heterocycles. The number of nitrogens with zero attached hydrogens (tertiary/aromatic N) is 1. The molecule has 11 heteroatoms. The van der Waals surface area contributed by atoms with Crippen molar-refractivity contribution in [3.63, 3.8) is 0 Å². The summed E-state index contributed by atoms with van der Waals surface area (Å²) < 4.78 is 74.7. The maximum absolute atomic E-state index is 10.7. The van der Waals surface area contributed by atoms with Crippen LogP contribution in [0.2, 0.25) is 0 Å². The summed E-state index contributed by atoms with van der Waals surface area (Å²) in [5.74, 6) is 1.65. The van der Waals surface area contributed by atoms with Crippen molar-refractivity contribution in [2.24, 2.45) is 7.05 Å². The number of aryl methyl sites for hydroxylation is 2. The number of hydrogen-bond acceptors (Lipinski definition) is 5. The molecule has 0 fully saturated rings. The Kier molecular flexibility index (Phi) is 6.32. The van der Waals surface area contributed by atoms with Crippen LogP contribution >= 0.6 is 0 Å². The minimum absolute atomic E-state index is 0.197. The maximum atomic E-state index is 10.7. The minimum atomic E-state index is -6.09. The monoisotopic (exact) mass is 471 g/mol. The van der Waals surface area contributed by atoms with Gasteiger partial charge in [-0.2, -0.15) is 13.2 Å². The van der Waals surface area contributed by atoms with Crippen LogP contribution in [0.3, 0.4) is 0 Å². The van der Waals surface area contributed by atoms with Crippen LogP contribution in [-0.2, 0) is 17.2 Å². The van der Waals surface area contributed by atoms with Gasteiger partial charge < -0.3 is 4.55 Å². The van der Waals surface area contributed by atoms with E-state index in [1.807, 2.05) is 0 Å². The molecule has 0 radical (unpaired) electrons. The molecule has 0 aliphatic carbocycles. The van der Waals surface area contributed by atoms with Crippen molar-refractivity contribution >= 4 is 39.5 Å². The van der Waals surface area contributed by atoms with Gasteiger partial charge in [0.15, 0.2) is 10.1 Å². The fourth-order valence-corrected chi connectivity index (χ4v) is 4.50. The number of methoxy groups -OCH3 is 2. The van der Waals surface area contributed by atoms with Gasteiger partial charge in [-0.1, -0.05) is 0 Å². The standard InChI is InChI=1S/C11H14NO2Te.CHF3O3S/c1-7-12(2)8-5-9(13-3)10(14-4)6-11(8)15-7;2-1(3,4)8(5,6)7/h5-6H,1-4H3;(H,5,6,7)/q+1;/p-1. The molecule has 1 aromatic carbocycles. The van der Waals surface area contributed by atoms with Crippen molar-refractivity contribution in [3.05, 3.63) is 15.8 Å².